The summed E-state index contributed by atoms with van der Waals surface area (Å²) >= 11 is 0. The Morgan fingerprint density at radius 1 is 1.31 bits per heavy atom. The highest BCUT2D eigenvalue weighted by Crippen LogP contribution is 2.29. The quantitative estimate of drug-likeness (QED) is 0.793. The lowest BCUT2D eigenvalue weighted by Gasteiger charge is -2.10. The van der Waals surface area contributed by atoms with Crippen LogP contribution in [0.5, 0.6) is 11.5 Å². The molecular weight excluding hydrogens is 208 g/mol. The van der Waals surface area contributed by atoms with E-state index in [4.69, 9.17) is 14.6 Å². The van der Waals surface area contributed by atoms with Gasteiger partial charge in [0.05, 0.1) is 14.2 Å². The maximum atomic E-state index is 10.5. The van der Waals surface area contributed by atoms with E-state index in [2.05, 4.69) is 0 Å². The van der Waals surface area contributed by atoms with Gasteiger partial charge in [0.15, 0.2) is 0 Å². The molecule has 0 fully saturated rings. The summed E-state index contributed by atoms with van der Waals surface area (Å²) in [6.45, 7) is 1.87. The molecule has 0 unspecified atom stereocenters. The number of hydrogen-bond donors (Lipinski definition) is 1. The average molecular weight is 222 g/mol. The van der Waals surface area contributed by atoms with E-state index < -0.39 is 5.97 Å². The zero-order valence-corrected chi connectivity index (χ0v) is 9.48. The molecule has 4 heteroatoms. The van der Waals surface area contributed by atoms with Crippen LogP contribution in [0.1, 0.15) is 11.1 Å². The summed E-state index contributed by atoms with van der Waals surface area (Å²) in [5, 5.41) is 8.58. The Bertz CT molecular complexity index is 421. The number of methoxy groups -OCH3 is 2. The van der Waals surface area contributed by atoms with Gasteiger partial charge >= 0.3 is 5.97 Å². The van der Waals surface area contributed by atoms with Crippen LogP contribution in [0.4, 0.5) is 0 Å². The van der Waals surface area contributed by atoms with Crippen molar-refractivity contribution in [2.45, 2.75) is 6.92 Å². The molecule has 0 bridgehead atoms. The van der Waals surface area contributed by atoms with Crippen molar-refractivity contribution >= 4 is 12.0 Å². The van der Waals surface area contributed by atoms with Crippen LogP contribution in [0.3, 0.4) is 0 Å². The number of carboxylic acids is 1. The second kappa shape index (κ2) is 5.21. The molecule has 0 amide bonds. The molecule has 1 aromatic rings. The second-order valence-electron chi connectivity index (χ2n) is 3.23. The van der Waals surface area contributed by atoms with E-state index in [-0.39, 0.29) is 0 Å². The molecule has 0 heterocycles. The summed E-state index contributed by atoms with van der Waals surface area (Å²) < 4.78 is 10.3. The van der Waals surface area contributed by atoms with Gasteiger partial charge in [0.1, 0.15) is 11.5 Å². The SMILES string of the molecule is COc1cc(C)c(/C=C/C(=O)O)c(OC)c1. The van der Waals surface area contributed by atoms with Crippen LogP contribution >= 0.6 is 0 Å². The van der Waals surface area contributed by atoms with Gasteiger partial charge < -0.3 is 14.6 Å². The minimum Gasteiger partial charge on any atom is -0.497 e. The van der Waals surface area contributed by atoms with E-state index in [1.165, 1.54) is 13.2 Å². The van der Waals surface area contributed by atoms with E-state index in [1.807, 2.05) is 13.0 Å². The van der Waals surface area contributed by atoms with Gasteiger partial charge in [0.25, 0.3) is 0 Å². The molecular formula is C12H14O4. The van der Waals surface area contributed by atoms with Crippen molar-refractivity contribution in [1.29, 1.82) is 0 Å². The standard InChI is InChI=1S/C12H14O4/c1-8-6-9(15-2)7-11(16-3)10(8)4-5-12(13)14/h4-7H,1-3H3,(H,13,14)/b5-4+. The third-order valence-electron chi connectivity index (χ3n) is 2.17. The predicted octanol–water partition coefficient (Wildman–Crippen LogP) is 2.11. The molecule has 0 spiro atoms. The van der Waals surface area contributed by atoms with Crippen LogP contribution in [0.2, 0.25) is 0 Å². The Morgan fingerprint density at radius 2 is 2.00 bits per heavy atom. The van der Waals surface area contributed by atoms with Gasteiger partial charge in [-0.25, -0.2) is 4.79 Å². The van der Waals surface area contributed by atoms with Crippen LogP contribution < -0.4 is 9.47 Å². The summed E-state index contributed by atoms with van der Waals surface area (Å²) in [7, 11) is 3.10. The largest absolute Gasteiger partial charge is 0.497 e. The van der Waals surface area contributed by atoms with Crippen LogP contribution in [0, 0.1) is 6.92 Å². The third-order valence-corrected chi connectivity index (χ3v) is 2.17. The van der Waals surface area contributed by atoms with Crippen LogP contribution in [0.25, 0.3) is 6.08 Å². The summed E-state index contributed by atoms with van der Waals surface area (Å²) in [6, 6.07) is 3.54. The fourth-order valence-electron chi connectivity index (χ4n) is 1.39. The van der Waals surface area contributed by atoms with Crippen molar-refractivity contribution in [3.63, 3.8) is 0 Å². The van der Waals surface area contributed by atoms with E-state index in [9.17, 15) is 4.79 Å². The number of carbonyl (C=O) groups is 1. The van der Waals surface area contributed by atoms with Gasteiger partial charge in [-0.1, -0.05) is 0 Å². The predicted molar refractivity (Wildman–Crippen MR) is 61.0 cm³/mol. The summed E-state index contributed by atoms with van der Waals surface area (Å²) in [4.78, 5) is 10.5. The normalized spacial score (nSPS) is 10.4. The maximum absolute atomic E-state index is 10.5. The molecule has 0 saturated carbocycles. The fourth-order valence-corrected chi connectivity index (χ4v) is 1.39. The zero-order chi connectivity index (χ0) is 12.1. The number of aliphatic carboxylic acids is 1. The first-order valence-electron chi connectivity index (χ1n) is 4.72. The lowest BCUT2D eigenvalue weighted by molar-refractivity contribution is -0.131. The van der Waals surface area contributed by atoms with E-state index in [1.54, 1.807) is 13.2 Å². The smallest absolute Gasteiger partial charge is 0.328 e. The summed E-state index contributed by atoms with van der Waals surface area (Å²) in [5.74, 6) is 0.286. The van der Waals surface area contributed by atoms with E-state index in [0.717, 1.165) is 17.2 Å². The first kappa shape index (κ1) is 12.1. The molecule has 4 nitrogen and oxygen atoms in total. The van der Waals surface area contributed by atoms with Gasteiger partial charge in [-0.3, -0.25) is 0 Å². The lowest BCUT2D eigenvalue weighted by atomic mass is 10.1. The first-order valence-corrected chi connectivity index (χ1v) is 4.72. The van der Waals surface area contributed by atoms with Gasteiger partial charge in [-0.15, -0.1) is 0 Å². The molecule has 1 aromatic carbocycles. The van der Waals surface area contributed by atoms with Crippen molar-refractivity contribution in [3.8, 4) is 11.5 Å². The van der Waals surface area contributed by atoms with Gasteiger partial charge in [-0.2, -0.15) is 0 Å². The number of carboxylic acid groups (broad SMARTS) is 1. The Hall–Kier alpha value is -1.97. The van der Waals surface area contributed by atoms with Gasteiger partial charge in [0, 0.05) is 17.7 Å². The maximum Gasteiger partial charge on any atom is 0.328 e. The molecule has 0 saturated heterocycles. The highest BCUT2D eigenvalue weighted by molar-refractivity contribution is 5.86. The average Bonchev–Trinajstić information content (AvgIpc) is 2.26. The Balaban J connectivity index is 3.21. The van der Waals surface area contributed by atoms with Crippen molar-refractivity contribution in [3.05, 3.63) is 29.3 Å². The van der Waals surface area contributed by atoms with Gasteiger partial charge in [-0.05, 0) is 24.6 Å². The minimum atomic E-state index is -0.989. The Kier molecular flexibility index (Phi) is 3.94. The number of hydrogen-bond acceptors (Lipinski definition) is 3. The molecule has 0 aliphatic rings. The van der Waals surface area contributed by atoms with Crippen molar-refractivity contribution in [1.82, 2.24) is 0 Å². The molecule has 86 valence electrons. The number of benzene rings is 1. The van der Waals surface area contributed by atoms with Crippen LogP contribution in [-0.2, 0) is 4.79 Å². The molecule has 0 aliphatic heterocycles. The molecule has 0 aliphatic carbocycles. The monoisotopic (exact) mass is 222 g/mol. The van der Waals surface area contributed by atoms with Crippen molar-refractivity contribution in [2.75, 3.05) is 14.2 Å². The Morgan fingerprint density at radius 3 is 2.50 bits per heavy atom. The lowest BCUT2D eigenvalue weighted by Crippen LogP contribution is -1.94. The second-order valence-corrected chi connectivity index (χ2v) is 3.23. The topological polar surface area (TPSA) is 55.8 Å². The van der Waals surface area contributed by atoms with Crippen molar-refractivity contribution < 1.29 is 19.4 Å². The highest BCUT2D eigenvalue weighted by atomic mass is 16.5. The number of aryl methyl sites for hydroxylation is 1. The number of ether oxygens (including phenoxy) is 2. The van der Waals surface area contributed by atoms with E-state index in [0.29, 0.717) is 11.5 Å². The van der Waals surface area contributed by atoms with Crippen LogP contribution in [-0.4, -0.2) is 25.3 Å². The van der Waals surface area contributed by atoms with E-state index >= 15 is 0 Å². The molecule has 0 atom stereocenters. The summed E-state index contributed by atoms with van der Waals surface area (Å²) in [5.41, 5.74) is 1.64. The molecule has 0 aromatic heterocycles. The Labute approximate surface area is 94.1 Å². The molecule has 1 N–H and O–H groups in total. The third kappa shape index (κ3) is 2.76. The molecule has 0 radical (unpaired) electrons. The van der Waals surface area contributed by atoms with Gasteiger partial charge in [0.2, 0.25) is 0 Å². The van der Waals surface area contributed by atoms with Crippen molar-refractivity contribution in [2.24, 2.45) is 0 Å². The molecule has 16 heavy (non-hydrogen) atoms. The summed E-state index contributed by atoms with van der Waals surface area (Å²) in [6.07, 6.45) is 2.59. The minimum absolute atomic E-state index is 0.592. The fraction of sp³-hybridized carbons (Fsp3) is 0.250. The molecule has 1 rings (SSSR count). The zero-order valence-electron chi connectivity index (χ0n) is 9.48. The number of rotatable bonds is 4. The highest BCUT2D eigenvalue weighted by Gasteiger charge is 2.07. The first-order chi connectivity index (χ1) is 7.58. The van der Waals surface area contributed by atoms with Crippen LogP contribution in [0.15, 0.2) is 18.2 Å².